The first-order valence-corrected chi connectivity index (χ1v) is 9.25. The second-order valence-corrected chi connectivity index (χ2v) is 7.15. The number of anilines is 1. The molecule has 1 heterocycles. The van der Waals surface area contributed by atoms with Crippen LogP contribution >= 0.6 is 48.0 Å². The summed E-state index contributed by atoms with van der Waals surface area (Å²) in [6.45, 7) is 4.03. The summed E-state index contributed by atoms with van der Waals surface area (Å²) < 4.78 is 18.6. The van der Waals surface area contributed by atoms with Crippen molar-refractivity contribution in [2.75, 3.05) is 44.2 Å². The normalized spacial score (nSPS) is 15.4. The van der Waals surface area contributed by atoms with Gasteiger partial charge in [0, 0.05) is 43.4 Å². The first-order chi connectivity index (χ1) is 12.5. The molecule has 0 aromatic heterocycles. The number of piperazine rings is 1. The van der Waals surface area contributed by atoms with Gasteiger partial charge in [0.05, 0.1) is 5.02 Å². The molecule has 1 saturated heterocycles. The Kier molecular flexibility index (Phi) is 10.7. The molecule has 0 saturated carbocycles. The van der Waals surface area contributed by atoms with E-state index in [1.165, 1.54) is 12.1 Å². The van der Waals surface area contributed by atoms with Crippen molar-refractivity contribution in [2.24, 2.45) is 0 Å². The second-order valence-electron chi connectivity index (χ2n) is 6.30. The van der Waals surface area contributed by atoms with Crippen molar-refractivity contribution < 1.29 is 14.2 Å². The number of nitrogens with zero attached hydrogens (tertiary/aromatic N) is 2. The third-order valence-electron chi connectivity index (χ3n) is 4.36. The fraction of sp³-hybridized carbons (Fsp3) is 0.368. The lowest BCUT2D eigenvalue weighted by Gasteiger charge is -2.36. The first kappa shape index (κ1) is 25.1. The Balaban J connectivity index is 0.00000196. The molecule has 3 rings (SSSR count). The number of rotatable bonds is 6. The van der Waals surface area contributed by atoms with Crippen LogP contribution in [-0.4, -0.2) is 55.4 Å². The van der Waals surface area contributed by atoms with Gasteiger partial charge < -0.3 is 14.7 Å². The van der Waals surface area contributed by atoms with E-state index in [9.17, 15) is 9.50 Å². The lowest BCUT2D eigenvalue weighted by atomic mass is 10.2. The highest BCUT2D eigenvalue weighted by molar-refractivity contribution is 6.35. The van der Waals surface area contributed by atoms with Gasteiger partial charge >= 0.3 is 0 Å². The fourth-order valence-corrected chi connectivity index (χ4v) is 3.43. The van der Waals surface area contributed by atoms with Crippen molar-refractivity contribution in [3.8, 4) is 5.75 Å². The van der Waals surface area contributed by atoms with Crippen LogP contribution in [-0.2, 0) is 0 Å². The fourth-order valence-electron chi connectivity index (χ4n) is 2.97. The molecule has 0 bridgehead atoms. The minimum Gasteiger partial charge on any atom is -0.489 e. The zero-order valence-electron chi connectivity index (χ0n) is 15.1. The van der Waals surface area contributed by atoms with Crippen LogP contribution in [0.4, 0.5) is 10.1 Å². The molecule has 1 N–H and O–H groups in total. The molecule has 1 aliphatic heterocycles. The molecular formula is C19H23Cl4FN2O2. The van der Waals surface area contributed by atoms with Crippen LogP contribution in [0.2, 0.25) is 10.0 Å². The minimum atomic E-state index is -0.612. The smallest absolute Gasteiger partial charge is 0.138 e. The summed E-state index contributed by atoms with van der Waals surface area (Å²) in [5.74, 6) is 0.285. The van der Waals surface area contributed by atoms with Crippen LogP contribution in [0, 0.1) is 5.82 Å². The van der Waals surface area contributed by atoms with Crippen LogP contribution < -0.4 is 9.64 Å². The summed E-state index contributed by atoms with van der Waals surface area (Å²) in [4.78, 5) is 4.41. The summed E-state index contributed by atoms with van der Waals surface area (Å²) in [7, 11) is 0. The first-order valence-electron chi connectivity index (χ1n) is 8.50. The van der Waals surface area contributed by atoms with Crippen molar-refractivity contribution in [3.05, 3.63) is 58.3 Å². The van der Waals surface area contributed by atoms with E-state index in [4.69, 9.17) is 27.9 Å². The average molecular weight is 472 g/mol. The van der Waals surface area contributed by atoms with Crippen molar-refractivity contribution in [3.63, 3.8) is 0 Å². The highest BCUT2D eigenvalue weighted by Crippen LogP contribution is 2.27. The second kappa shape index (κ2) is 11.9. The zero-order valence-corrected chi connectivity index (χ0v) is 18.2. The molecule has 4 nitrogen and oxygen atoms in total. The van der Waals surface area contributed by atoms with E-state index < -0.39 is 6.10 Å². The predicted octanol–water partition coefficient (Wildman–Crippen LogP) is 4.54. The third-order valence-corrected chi connectivity index (χ3v) is 4.89. The third kappa shape index (κ3) is 7.14. The molecule has 0 aliphatic carbocycles. The van der Waals surface area contributed by atoms with Crippen LogP contribution in [0.25, 0.3) is 0 Å². The van der Waals surface area contributed by atoms with Gasteiger partial charge in [-0.15, -0.1) is 24.8 Å². The monoisotopic (exact) mass is 470 g/mol. The molecular weight excluding hydrogens is 449 g/mol. The van der Waals surface area contributed by atoms with Crippen molar-refractivity contribution in [2.45, 2.75) is 6.10 Å². The number of halogens is 5. The van der Waals surface area contributed by atoms with Crippen molar-refractivity contribution in [1.29, 1.82) is 0 Å². The number of hydrogen-bond acceptors (Lipinski definition) is 4. The van der Waals surface area contributed by atoms with E-state index in [0.29, 0.717) is 22.3 Å². The Morgan fingerprint density at radius 1 is 1.00 bits per heavy atom. The highest BCUT2D eigenvalue weighted by atomic mass is 35.5. The summed E-state index contributed by atoms with van der Waals surface area (Å²) >= 11 is 11.9. The summed E-state index contributed by atoms with van der Waals surface area (Å²) in [5, 5.41) is 11.2. The molecule has 2 aromatic carbocycles. The Morgan fingerprint density at radius 2 is 1.64 bits per heavy atom. The number of hydrogen-bond donors (Lipinski definition) is 1. The number of aliphatic hydroxyl groups is 1. The van der Waals surface area contributed by atoms with Gasteiger partial charge in [-0.3, -0.25) is 4.90 Å². The predicted molar refractivity (Wildman–Crippen MR) is 118 cm³/mol. The maximum absolute atomic E-state index is 13.0. The highest BCUT2D eigenvalue weighted by Gasteiger charge is 2.20. The van der Waals surface area contributed by atoms with Gasteiger partial charge in [-0.1, -0.05) is 23.2 Å². The van der Waals surface area contributed by atoms with Crippen LogP contribution in [0.5, 0.6) is 5.75 Å². The van der Waals surface area contributed by atoms with E-state index in [0.717, 1.165) is 31.9 Å². The Hall–Kier alpha value is -0.950. The number of aliphatic hydroxyl groups excluding tert-OH is 1. The Labute approximate surface area is 187 Å². The van der Waals surface area contributed by atoms with Crippen molar-refractivity contribution in [1.82, 2.24) is 4.90 Å². The molecule has 1 fully saturated rings. The van der Waals surface area contributed by atoms with E-state index in [2.05, 4.69) is 9.80 Å². The minimum absolute atomic E-state index is 0. The Bertz CT molecular complexity index is 728. The number of β-amino-alcohol motifs (C(OH)–C–C–N with tert-alkyl or cyclic N) is 1. The molecule has 0 amide bonds. The Morgan fingerprint density at radius 3 is 2.25 bits per heavy atom. The van der Waals surface area contributed by atoms with Crippen LogP contribution in [0.3, 0.4) is 0 Å². The maximum Gasteiger partial charge on any atom is 0.138 e. The quantitative estimate of drug-likeness (QED) is 0.670. The van der Waals surface area contributed by atoms with Gasteiger partial charge in [-0.25, -0.2) is 4.39 Å². The van der Waals surface area contributed by atoms with E-state index in [1.54, 1.807) is 30.3 Å². The van der Waals surface area contributed by atoms with Gasteiger partial charge in [-0.2, -0.15) is 0 Å². The standard InChI is InChI=1S/C19H21Cl2FN2O2.2ClH/c20-14-1-6-19(18(21)11-14)26-13-17(25)12-23-7-9-24(10-8-23)16-4-2-15(22)3-5-16;;/h1-6,11,17,25H,7-10,12-13H2;2*1H. The van der Waals surface area contributed by atoms with Crippen molar-refractivity contribution >= 4 is 53.7 Å². The summed E-state index contributed by atoms with van der Waals surface area (Å²) in [6.07, 6.45) is -0.612. The van der Waals surface area contributed by atoms with Gasteiger partial charge in [0.15, 0.2) is 0 Å². The number of benzene rings is 2. The molecule has 1 atom stereocenters. The largest absolute Gasteiger partial charge is 0.489 e. The summed E-state index contributed by atoms with van der Waals surface area (Å²) in [5.41, 5.74) is 1.02. The molecule has 1 unspecified atom stereocenters. The van der Waals surface area contributed by atoms with E-state index >= 15 is 0 Å². The van der Waals surface area contributed by atoms with E-state index in [-0.39, 0.29) is 37.2 Å². The van der Waals surface area contributed by atoms with Crippen LogP contribution in [0.1, 0.15) is 0 Å². The lowest BCUT2D eigenvalue weighted by Crippen LogP contribution is -2.49. The molecule has 2 aromatic rings. The maximum atomic E-state index is 13.0. The molecule has 28 heavy (non-hydrogen) atoms. The van der Waals surface area contributed by atoms with Crippen LogP contribution in [0.15, 0.2) is 42.5 Å². The van der Waals surface area contributed by atoms with Gasteiger partial charge in [0.1, 0.15) is 24.3 Å². The zero-order chi connectivity index (χ0) is 18.5. The molecule has 9 heteroatoms. The molecule has 0 spiro atoms. The molecule has 156 valence electrons. The summed E-state index contributed by atoms with van der Waals surface area (Å²) in [6, 6.07) is 11.5. The van der Waals surface area contributed by atoms with E-state index in [1.807, 2.05) is 0 Å². The van der Waals surface area contributed by atoms with Gasteiger partial charge in [0.2, 0.25) is 0 Å². The van der Waals surface area contributed by atoms with Gasteiger partial charge in [-0.05, 0) is 42.5 Å². The molecule has 0 radical (unpaired) electrons. The number of ether oxygens (including phenoxy) is 1. The topological polar surface area (TPSA) is 35.9 Å². The lowest BCUT2D eigenvalue weighted by molar-refractivity contribution is 0.0663. The SMILES string of the molecule is Cl.Cl.OC(COc1ccc(Cl)cc1Cl)CN1CCN(c2ccc(F)cc2)CC1. The molecule has 1 aliphatic rings. The average Bonchev–Trinajstić information content (AvgIpc) is 2.62. The van der Waals surface area contributed by atoms with Gasteiger partial charge in [0.25, 0.3) is 0 Å².